The van der Waals surface area contributed by atoms with E-state index in [1.54, 1.807) is 22.6 Å². The fourth-order valence-electron chi connectivity index (χ4n) is 0.601. The number of carbonyl (C=O) groups is 1. The van der Waals surface area contributed by atoms with Gasteiger partial charge in [-0.1, -0.05) is 22.6 Å². The molecule has 4 N–H and O–H groups in total. The number of hydrogen-bond donors (Lipinski definition) is 4. The molecule has 0 aromatic heterocycles. The Morgan fingerprint density at radius 3 is 2.00 bits per heavy atom. The van der Waals surface area contributed by atoms with Gasteiger partial charge in [0.25, 0.3) is 0 Å². The van der Waals surface area contributed by atoms with Crippen molar-refractivity contribution in [2.45, 2.75) is 24.4 Å². The number of rotatable bonds is 5. The van der Waals surface area contributed by atoms with Crippen LogP contribution in [0.5, 0.6) is 0 Å². The number of aliphatic hydroxyl groups is 4. The molecular weight excluding hydrogens is 276 g/mol. The van der Waals surface area contributed by atoms with Gasteiger partial charge in [0.15, 0.2) is 6.29 Å². The Kier molecular flexibility index (Phi) is 5.93. The van der Waals surface area contributed by atoms with E-state index in [0.29, 0.717) is 0 Å². The van der Waals surface area contributed by atoms with E-state index >= 15 is 0 Å². The summed E-state index contributed by atoms with van der Waals surface area (Å²) < 4.78 is 0.210. The number of hydrogen-bond acceptors (Lipinski definition) is 5. The summed E-state index contributed by atoms with van der Waals surface area (Å²) in [4.78, 5) is 9.96. The van der Waals surface area contributed by atoms with Crippen molar-refractivity contribution in [3.05, 3.63) is 0 Å². The molecule has 0 aromatic rings. The predicted molar refractivity (Wildman–Crippen MR) is 49.0 cm³/mol. The van der Waals surface area contributed by atoms with Crippen LogP contribution in [-0.4, -0.2) is 55.6 Å². The molecule has 72 valence electrons. The van der Waals surface area contributed by atoms with E-state index < -0.39 is 24.4 Å². The van der Waals surface area contributed by atoms with Crippen LogP contribution < -0.4 is 0 Å². The maximum atomic E-state index is 9.96. The molecule has 6 heteroatoms. The number of alkyl halides is 1. The monoisotopic (exact) mass is 287 g/mol. The van der Waals surface area contributed by atoms with Crippen molar-refractivity contribution in [2.75, 3.05) is 4.43 Å². The third-order valence-corrected chi connectivity index (χ3v) is 2.29. The molecule has 0 unspecified atom stereocenters. The van der Waals surface area contributed by atoms with Crippen LogP contribution in [0.4, 0.5) is 0 Å². The van der Waals surface area contributed by atoms with Gasteiger partial charge in [0.05, 0.1) is 6.10 Å². The van der Waals surface area contributed by atoms with Gasteiger partial charge < -0.3 is 25.2 Å². The minimum absolute atomic E-state index is 0.105. The Labute approximate surface area is 83.2 Å². The van der Waals surface area contributed by atoms with Crippen LogP contribution in [0.2, 0.25) is 0 Å². The molecule has 0 bridgehead atoms. The first-order valence-corrected chi connectivity index (χ1v) is 4.80. The highest BCUT2D eigenvalue weighted by Crippen LogP contribution is 2.05. The summed E-state index contributed by atoms with van der Waals surface area (Å²) in [5, 5.41) is 35.8. The summed E-state index contributed by atoms with van der Waals surface area (Å²) >= 11 is 1.81. The van der Waals surface area contributed by atoms with Crippen molar-refractivity contribution in [1.29, 1.82) is 0 Å². The number of carbonyl (C=O) groups excluding carboxylic acids is 1. The first-order valence-electron chi connectivity index (χ1n) is 3.28. The third-order valence-electron chi connectivity index (χ3n) is 1.39. The molecular formula is C6H11IO5. The Morgan fingerprint density at radius 1 is 1.17 bits per heavy atom. The molecule has 0 rings (SSSR count). The van der Waals surface area contributed by atoms with Crippen molar-refractivity contribution in [1.82, 2.24) is 0 Å². The Hall–Kier alpha value is 0.240. The summed E-state index contributed by atoms with van der Waals surface area (Å²) in [6, 6.07) is 0. The summed E-state index contributed by atoms with van der Waals surface area (Å²) in [5.41, 5.74) is 0. The van der Waals surface area contributed by atoms with Gasteiger partial charge in [-0.05, 0) is 0 Å². The fraction of sp³-hybridized carbons (Fsp3) is 0.833. The SMILES string of the molecule is O=C[C@H](O)[C@@H](O)[C@H](O)[C@H](O)C[124I]. The quantitative estimate of drug-likeness (QED) is 0.268. The molecule has 4 atom stereocenters. The first kappa shape index (κ1) is 12.2. The third kappa shape index (κ3) is 3.31. The van der Waals surface area contributed by atoms with Crippen LogP contribution in [0, 0.1) is 0 Å². The molecule has 0 saturated heterocycles. The second-order valence-electron chi connectivity index (χ2n) is 2.33. The maximum Gasteiger partial charge on any atom is 0.151 e. The van der Waals surface area contributed by atoms with Crippen LogP contribution in [-0.2, 0) is 4.79 Å². The second-order valence-corrected chi connectivity index (χ2v) is 3.21. The normalized spacial score (nSPS) is 21.1. The molecule has 0 amide bonds. The van der Waals surface area contributed by atoms with E-state index in [1.807, 2.05) is 0 Å². The van der Waals surface area contributed by atoms with Crippen molar-refractivity contribution in [3.63, 3.8) is 0 Å². The van der Waals surface area contributed by atoms with Crippen LogP contribution in [0.3, 0.4) is 0 Å². The van der Waals surface area contributed by atoms with E-state index in [-0.39, 0.29) is 10.7 Å². The standard InChI is InChI=1S/C6H11IO5/c7-1-3(9)5(11)6(12)4(10)2-8/h2-6,9-12H,1H2/t3-,4+,5-,6-/m1/s1/i7-3. The first-order chi connectivity index (χ1) is 5.54. The lowest BCUT2D eigenvalue weighted by molar-refractivity contribution is -0.131. The van der Waals surface area contributed by atoms with Gasteiger partial charge in [0, 0.05) is 4.43 Å². The Morgan fingerprint density at radius 2 is 1.67 bits per heavy atom. The van der Waals surface area contributed by atoms with E-state index in [4.69, 9.17) is 20.4 Å². The van der Waals surface area contributed by atoms with Gasteiger partial charge in [-0.15, -0.1) is 0 Å². The zero-order chi connectivity index (χ0) is 9.72. The minimum atomic E-state index is -1.66. The van der Waals surface area contributed by atoms with Crippen LogP contribution >= 0.6 is 22.6 Å². The van der Waals surface area contributed by atoms with Crippen LogP contribution in [0.25, 0.3) is 0 Å². The van der Waals surface area contributed by atoms with E-state index in [2.05, 4.69) is 0 Å². The van der Waals surface area contributed by atoms with Gasteiger partial charge in [-0.2, -0.15) is 0 Å². The molecule has 0 radical (unpaired) electrons. The average molecular weight is 287 g/mol. The topological polar surface area (TPSA) is 98.0 Å². The van der Waals surface area contributed by atoms with E-state index in [1.165, 1.54) is 0 Å². The van der Waals surface area contributed by atoms with Gasteiger partial charge in [-0.25, -0.2) is 0 Å². The minimum Gasteiger partial charge on any atom is -0.390 e. The highest BCUT2D eigenvalue weighted by molar-refractivity contribution is 14.1. The van der Waals surface area contributed by atoms with Gasteiger partial charge in [0.1, 0.15) is 18.3 Å². The van der Waals surface area contributed by atoms with Gasteiger partial charge >= 0.3 is 0 Å². The lowest BCUT2D eigenvalue weighted by atomic mass is 10.1. The average Bonchev–Trinajstić information content (AvgIpc) is 2.12. The summed E-state index contributed by atoms with van der Waals surface area (Å²) in [6.45, 7) is 0. The Bertz CT molecular complexity index is 142. The van der Waals surface area contributed by atoms with E-state index in [0.717, 1.165) is 0 Å². The summed E-state index contributed by atoms with van der Waals surface area (Å²) in [6.07, 6.45) is -5.82. The van der Waals surface area contributed by atoms with E-state index in [9.17, 15) is 4.79 Å². The Balaban J connectivity index is 4.07. The molecule has 0 aliphatic heterocycles. The van der Waals surface area contributed by atoms with Gasteiger partial charge in [-0.3, -0.25) is 0 Å². The molecule has 5 nitrogen and oxygen atoms in total. The molecule has 0 fully saturated rings. The maximum absolute atomic E-state index is 9.96. The molecule has 0 saturated carbocycles. The molecule has 0 aromatic carbocycles. The number of aliphatic hydroxyl groups excluding tert-OH is 4. The number of halogens is 1. The van der Waals surface area contributed by atoms with Crippen molar-refractivity contribution >= 4 is 28.9 Å². The highest BCUT2D eigenvalue weighted by Gasteiger charge is 2.29. The second kappa shape index (κ2) is 5.81. The van der Waals surface area contributed by atoms with Crippen molar-refractivity contribution < 1.29 is 25.2 Å². The molecule has 12 heavy (non-hydrogen) atoms. The highest BCUT2D eigenvalue weighted by atomic mass is 124. The van der Waals surface area contributed by atoms with Gasteiger partial charge in [0.2, 0.25) is 0 Å². The summed E-state index contributed by atoms with van der Waals surface area (Å²) in [5.74, 6) is 0. The van der Waals surface area contributed by atoms with Crippen molar-refractivity contribution in [3.8, 4) is 0 Å². The molecule has 0 aliphatic rings. The molecule has 0 aliphatic carbocycles. The molecule has 0 heterocycles. The lowest BCUT2D eigenvalue weighted by Crippen LogP contribution is -2.45. The van der Waals surface area contributed by atoms with Crippen LogP contribution in [0.15, 0.2) is 0 Å². The zero-order valence-corrected chi connectivity index (χ0v) is 8.33. The zero-order valence-electron chi connectivity index (χ0n) is 6.17. The summed E-state index contributed by atoms with van der Waals surface area (Å²) in [7, 11) is 0. The lowest BCUT2D eigenvalue weighted by Gasteiger charge is -2.22. The smallest absolute Gasteiger partial charge is 0.151 e. The van der Waals surface area contributed by atoms with Crippen LogP contribution in [0.1, 0.15) is 0 Å². The molecule has 0 spiro atoms. The number of aldehydes is 1. The fourth-order valence-corrected chi connectivity index (χ4v) is 1.12. The predicted octanol–water partition coefficient (Wildman–Crippen LogP) is -1.94. The largest absolute Gasteiger partial charge is 0.390 e. The van der Waals surface area contributed by atoms with Crippen molar-refractivity contribution in [2.24, 2.45) is 0 Å².